The van der Waals surface area contributed by atoms with Gasteiger partial charge in [0.1, 0.15) is 0 Å². The van der Waals surface area contributed by atoms with E-state index in [-0.39, 0.29) is 0 Å². The van der Waals surface area contributed by atoms with Gasteiger partial charge in [-0.3, -0.25) is 4.90 Å². The largest absolute Gasteiger partial charge is 0.383 e. The fraction of sp³-hybridized carbons (Fsp3) is 1.00. The van der Waals surface area contributed by atoms with Crippen LogP contribution in [-0.2, 0) is 9.47 Å². The lowest BCUT2D eigenvalue weighted by atomic mass is 10.1. The van der Waals surface area contributed by atoms with Gasteiger partial charge in [-0.05, 0) is 26.8 Å². The molecule has 2 atom stereocenters. The van der Waals surface area contributed by atoms with Crippen LogP contribution in [0.15, 0.2) is 0 Å². The molecule has 0 aliphatic rings. The predicted molar refractivity (Wildman–Crippen MR) is 72.5 cm³/mol. The second kappa shape index (κ2) is 11.0. The van der Waals surface area contributed by atoms with Gasteiger partial charge in [-0.1, -0.05) is 6.92 Å². The van der Waals surface area contributed by atoms with Crippen LogP contribution in [0.3, 0.4) is 0 Å². The predicted octanol–water partition coefficient (Wildman–Crippen LogP) is 1.36. The second-order valence-corrected chi connectivity index (χ2v) is 4.57. The highest BCUT2D eigenvalue weighted by atomic mass is 16.5. The summed E-state index contributed by atoms with van der Waals surface area (Å²) >= 11 is 0. The number of hydrogen-bond donors (Lipinski definition) is 1. The average Bonchev–Trinajstić information content (AvgIpc) is 2.29. The molecule has 0 aliphatic carbocycles. The summed E-state index contributed by atoms with van der Waals surface area (Å²) in [6, 6.07) is 1.11. The maximum Gasteiger partial charge on any atom is 0.0589 e. The van der Waals surface area contributed by atoms with Crippen molar-refractivity contribution < 1.29 is 9.47 Å². The van der Waals surface area contributed by atoms with E-state index in [4.69, 9.17) is 9.47 Å². The monoisotopic (exact) mass is 246 g/mol. The molecular formula is C13H30N2O2. The maximum atomic E-state index is 5.16. The van der Waals surface area contributed by atoms with Crippen LogP contribution in [0.1, 0.15) is 27.2 Å². The Hall–Kier alpha value is -0.160. The van der Waals surface area contributed by atoms with Crippen LogP contribution < -0.4 is 5.32 Å². The van der Waals surface area contributed by atoms with Crippen molar-refractivity contribution in [1.29, 1.82) is 0 Å². The van der Waals surface area contributed by atoms with Gasteiger partial charge in [0.2, 0.25) is 0 Å². The molecule has 0 amide bonds. The van der Waals surface area contributed by atoms with Gasteiger partial charge in [-0.25, -0.2) is 0 Å². The lowest BCUT2D eigenvalue weighted by molar-refractivity contribution is 0.0866. The highest BCUT2D eigenvalue weighted by Crippen LogP contribution is 2.06. The third-order valence-corrected chi connectivity index (χ3v) is 3.04. The van der Waals surface area contributed by atoms with Crippen LogP contribution in [0.4, 0.5) is 0 Å². The molecule has 0 radical (unpaired) electrons. The first-order valence-electron chi connectivity index (χ1n) is 6.61. The summed E-state index contributed by atoms with van der Waals surface area (Å²) in [6.07, 6.45) is 1.15. The molecular weight excluding hydrogens is 216 g/mol. The highest BCUT2D eigenvalue weighted by Gasteiger charge is 2.15. The summed E-state index contributed by atoms with van der Waals surface area (Å²) in [5.41, 5.74) is 0. The molecule has 0 fully saturated rings. The minimum atomic E-state index is 0.550. The van der Waals surface area contributed by atoms with E-state index in [0.717, 1.165) is 39.3 Å². The van der Waals surface area contributed by atoms with E-state index in [1.165, 1.54) is 0 Å². The van der Waals surface area contributed by atoms with E-state index in [9.17, 15) is 0 Å². The van der Waals surface area contributed by atoms with Gasteiger partial charge >= 0.3 is 0 Å². The molecule has 0 bridgehead atoms. The van der Waals surface area contributed by atoms with Crippen molar-refractivity contribution in [3.05, 3.63) is 0 Å². The van der Waals surface area contributed by atoms with E-state index in [1.54, 1.807) is 14.2 Å². The molecule has 0 aromatic carbocycles. The molecule has 104 valence electrons. The molecule has 4 nitrogen and oxygen atoms in total. The molecule has 0 spiro atoms. The lowest BCUT2D eigenvalue weighted by Gasteiger charge is -2.30. The van der Waals surface area contributed by atoms with Crippen LogP contribution in [0, 0.1) is 0 Å². The van der Waals surface area contributed by atoms with Crippen molar-refractivity contribution in [3.63, 3.8) is 0 Å². The molecule has 0 heterocycles. The quantitative estimate of drug-likeness (QED) is 0.597. The number of nitrogens with zero attached hydrogens (tertiary/aromatic N) is 1. The van der Waals surface area contributed by atoms with Crippen LogP contribution in [0.25, 0.3) is 0 Å². The van der Waals surface area contributed by atoms with Crippen LogP contribution in [0.2, 0.25) is 0 Å². The minimum Gasteiger partial charge on any atom is -0.383 e. The summed E-state index contributed by atoms with van der Waals surface area (Å²) in [6.45, 7) is 11.2. The number of methoxy groups -OCH3 is 2. The topological polar surface area (TPSA) is 33.7 Å². The number of rotatable bonds is 11. The summed E-state index contributed by atoms with van der Waals surface area (Å²) in [7, 11) is 3.50. The zero-order valence-corrected chi connectivity index (χ0v) is 12.2. The summed E-state index contributed by atoms with van der Waals surface area (Å²) in [5, 5.41) is 3.45. The lowest BCUT2D eigenvalue weighted by Crippen LogP contribution is -2.41. The Bertz CT molecular complexity index is 159. The van der Waals surface area contributed by atoms with Gasteiger partial charge in [0, 0.05) is 39.4 Å². The van der Waals surface area contributed by atoms with Crippen molar-refractivity contribution in [2.45, 2.75) is 39.3 Å². The van der Waals surface area contributed by atoms with Gasteiger partial charge in [0.25, 0.3) is 0 Å². The van der Waals surface area contributed by atoms with E-state index in [1.807, 2.05) is 0 Å². The Morgan fingerprint density at radius 1 is 1.06 bits per heavy atom. The van der Waals surface area contributed by atoms with Gasteiger partial charge < -0.3 is 14.8 Å². The Balaban J connectivity index is 4.05. The first-order chi connectivity index (χ1) is 8.15. The van der Waals surface area contributed by atoms with Crippen LogP contribution in [-0.4, -0.2) is 64.1 Å². The molecule has 0 aromatic rings. The average molecular weight is 246 g/mol. The standard InChI is InChI=1S/C13H30N2O2/c1-6-14-12(2)11-13(3)15(7-9-16-4)8-10-17-5/h12-14H,6-11H2,1-5H3. The Kier molecular flexibility index (Phi) is 10.9. The number of hydrogen-bond acceptors (Lipinski definition) is 4. The zero-order chi connectivity index (χ0) is 13.1. The smallest absolute Gasteiger partial charge is 0.0589 e. The second-order valence-electron chi connectivity index (χ2n) is 4.57. The molecule has 4 heteroatoms. The van der Waals surface area contributed by atoms with Crippen molar-refractivity contribution >= 4 is 0 Å². The first-order valence-corrected chi connectivity index (χ1v) is 6.61. The first kappa shape index (κ1) is 16.8. The number of ether oxygens (including phenoxy) is 2. The molecule has 0 saturated heterocycles. The molecule has 0 aliphatic heterocycles. The molecule has 17 heavy (non-hydrogen) atoms. The zero-order valence-electron chi connectivity index (χ0n) is 12.2. The summed E-state index contributed by atoms with van der Waals surface area (Å²) in [5.74, 6) is 0. The Labute approximate surface area is 107 Å². The third kappa shape index (κ3) is 8.55. The Morgan fingerprint density at radius 2 is 1.59 bits per heavy atom. The fourth-order valence-corrected chi connectivity index (χ4v) is 2.06. The SMILES string of the molecule is CCNC(C)CC(C)N(CCOC)CCOC. The molecule has 2 unspecified atom stereocenters. The third-order valence-electron chi connectivity index (χ3n) is 3.04. The number of nitrogens with one attached hydrogen (secondary N) is 1. The van der Waals surface area contributed by atoms with E-state index < -0.39 is 0 Å². The summed E-state index contributed by atoms with van der Waals surface area (Å²) < 4.78 is 10.3. The molecule has 1 N–H and O–H groups in total. The van der Waals surface area contributed by atoms with E-state index in [0.29, 0.717) is 12.1 Å². The van der Waals surface area contributed by atoms with Crippen molar-refractivity contribution in [1.82, 2.24) is 10.2 Å². The molecule has 0 aromatic heterocycles. The van der Waals surface area contributed by atoms with E-state index in [2.05, 4.69) is 31.0 Å². The van der Waals surface area contributed by atoms with Gasteiger partial charge in [-0.2, -0.15) is 0 Å². The minimum absolute atomic E-state index is 0.550. The van der Waals surface area contributed by atoms with Gasteiger partial charge in [0.05, 0.1) is 13.2 Å². The van der Waals surface area contributed by atoms with Gasteiger partial charge in [-0.15, -0.1) is 0 Å². The maximum absolute atomic E-state index is 5.16. The van der Waals surface area contributed by atoms with Crippen LogP contribution in [0.5, 0.6) is 0 Å². The Morgan fingerprint density at radius 3 is 2.00 bits per heavy atom. The fourth-order valence-electron chi connectivity index (χ4n) is 2.06. The van der Waals surface area contributed by atoms with Crippen molar-refractivity contribution in [2.75, 3.05) is 47.1 Å². The van der Waals surface area contributed by atoms with E-state index >= 15 is 0 Å². The van der Waals surface area contributed by atoms with Crippen LogP contribution >= 0.6 is 0 Å². The molecule has 0 saturated carbocycles. The van der Waals surface area contributed by atoms with Crippen molar-refractivity contribution in [3.8, 4) is 0 Å². The van der Waals surface area contributed by atoms with Gasteiger partial charge in [0.15, 0.2) is 0 Å². The highest BCUT2D eigenvalue weighted by molar-refractivity contribution is 4.73. The normalized spacial score (nSPS) is 15.2. The molecule has 0 rings (SSSR count). The van der Waals surface area contributed by atoms with Crippen molar-refractivity contribution in [2.24, 2.45) is 0 Å². The summed E-state index contributed by atoms with van der Waals surface area (Å²) in [4.78, 5) is 2.43.